The lowest BCUT2D eigenvalue weighted by atomic mass is 9.83. The van der Waals surface area contributed by atoms with Crippen LogP contribution >= 0.6 is 11.5 Å². The average molecular weight is 225 g/mol. The molecule has 0 bridgehead atoms. The Hall–Kier alpha value is -0.640. The third-order valence-electron chi connectivity index (χ3n) is 3.33. The van der Waals surface area contributed by atoms with Gasteiger partial charge in [-0.05, 0) is 25.2 Å². The zero-order valence-corrected chi connectivity index (χ0v) is 10.1. The Balaban J connectivity index is 1.91. The molecule has 1 aromatic heterocycles. The number of hydrogen-bond acceptors (Lipinski definition) is 4. The van der Waals surface area contributed by atoms with Crippen molar-refractivity contribution in [2.24, 2.45) is 5.92 Å². The molecule has 1 fully saturated rings. The SMILES string of the molecule is CCC(Nc1ncns1)C1CCCCC1. The quantitative estimate of drug-likeness (QED) is 0.854. The molecule has 2 rings (SSSR count). The maximum absolute atomic E-state index is 4.20. The largest absolute Gasteiger partial charge is 0.357 e. The second-order valence-electron chi connectivity index (χ2n) is 4.30. The predicted octanol–water partition coefficient (Wildman–Crippen LogP) is 3.31. The molecule has 1 saturated carbocycles. The van der Waals surface area contributed by atoms with Gasteiger partial charge in [-0.2, -0.15) is 4.37 Å². The molecule has 0 spiro atoms. The van der Waals surface area contributed by atoms with E-state index in [-0.39, 0.29) is 0 Å². The van der Waals surface area contributed by atoms with Gasteiger partial charge < -0.3 is 5.32 Å². The monoisotopic (exact) mass is 225 g/mol. The molecule has 1 aliphatic rings. The van der Waals surface area contributed by atoms with Gasteiger partial charge in [-0.3, -0.25) is 0 Å². The third-order valence-corrected chi connectivity index (χ3v) is 3.92. The summed E-state index contributed by atoms with van der Waals surface area (Å²) < 4.78 is 4.02. The maximum atomic E-state index is 4.20. The van der Waals surface area contributed by atoms with Gasteiger partial charge >= 0.3 is 0 Å². The van der Waals surface area contributed by atoms with E-state index in [0.29, 0.717) is 6.04 Å². The van der Waals surface area contributed by atoms with E-state index in [1.807, 2.05) is 0 Å². The number of rotatable bonds is 4. The summed E-state index contributed by atoms with van der Waals surface area (Å²) in [5.41, 5.74) is 0. The molecular weight excluding hydrogens is 206 g/mol. The van der Waals surface area contributed by atoms with Gasteiger partial charge in [0.2, 0.25) is 5.13 Å². The Morgan fingerprint density at radius 3 is 2.87 bits per heavy atom. The van der Waals surface area contributed by atoms with Gasteiger partial charge in [0, 0.05) is 17.6 Å². The molecular formula is C11H19N3S. The van der Waals surface area contributed by atoms with Gasteiger partial charge in [-0.15, -0.1) is 0 Å². The first-order chi connectivity index (χ1) is 7.40. The summed E-state index contributed by atoms with van der Waals surface area (Å²) in [6, 6.07) is 0.596. The number of nitrogens with zero attached hydrogens (tertiary/aromatic N) is 2. The fraction of sp³-hybridized carbons (Fsp3) is 0.818. The van der Waals surface area contributed by atoms with Crippen LogP contribution < -0.4 is 5.32 Å². The van der Waals surface area contributed by atoms with Crippen LogP contribution in [0.15, 0.2) is 6.33 Å². The smallest absolute Gasteiger partial charge is 0.202 e. The number of aromatic nitrogens is 2. The van der Waals surface area contributed by atoms with E-state index >= 15 is 0 Å². The Bertz CT molecular complexity index is 267. The zero-order valence-electron chi connectivity index (χ0n) is 9.28. The fourth-order valence-electron chi connectivity index (χ4n) is 2.49. The van der Waals surface area contributed by atoms with Crippen molar-refractivity contribution in [3.05, 3.63) is 6.33 Å². The lowest BCUT2D eigenvalue weighted by Crippen LogP contribution is -2.29. The molecule has 0 radical (unpaired) electrons. The van der Waals surface area contributed by atoms with Crippen LogP contribution in [0.2, 0.25) is 0 Å². The first kappa shape index (κ1) is 10.9. The molecule has 1 N–H and O–H groups in total. The predicted molar refractivity (Wildman–Crippen MR) is 64.2 cm³/mol. The first-order valence-electron chi connectivity index (χ1n) is 5.93. The van der Waals surface area contributed by atoms with Crippen molar-refractivity contribution in [1.82, 2.24) is 9.36 Å². The Morgan fingerprint density at radius 2 is 2.27 bits per heavy atom. The van der Waals surface area contributed by atoms with Crippen LogP contribution in [0.3, 0.4) is 0 Å². The zero-order chi connectivity index (χ0) is 10.5. The topological polar surface area (TPSA) is 37.8 Å². The standard InChI is InChI=1S/C11H19N3S/c1-2-10(9-6-4-3-5-7-9)14-11-12-8-13-15-11/h8-10H,2-7H2,1H3,(H,12,13,14). The van der Waals surface area contributed by atoms with Gasteiger partial charge in [-0.1, -0.05) is 26.2 Å². The molecule has 4 heteroatoms. The van der Waals surface area contributed by atoms with Gasteiger partial charge in [0.25, 0.3) is 0 Å². The Morgan fingerprint density at radius 1 is 1.47 bits per heavy atom. The van der Waals surface area contributed by atoms with Crippen LogP contribution in [0.4, 0.5) is 5.13 Å². The Labute approximate surface area is 95.5 Å². The second kappa shape index (κ2) is 5.45. The normalized spacial score (nSPS) is 20.1. The molecule has 84 valence electrons. The van der Waals surface area contributed by atoms with Gasteiger partial charge in [-0.25, -0.2) is 4.98 Å². The maximum Gasteiger partial charge on any atom is 0.202 e. The highest BCUT2D eigenvalue weighted by Gasteiger charge is 2.22. The fourth-order valence-corrected chi connectivity index (χ4v) is 2.98. The van der Waals surface area contributed by atoms with Crippen molar-refractivity contribution in [3.63, 3.8) is 0 Å². The van der Waals surface area contributed by atoms with Crippen LogP contribution in [0.25, 0.3) is 0 Å². The molecule has 1 atom stereocenters. The minimum absolute atomic E-state index is 0.596. The van der Waals surface area contributed by atoms with E-state index in [4.69, 9.17) is 0 Å². The van der Waals surface area contributed by atoms with E-state index in [0.717, 1.165) is 11.0 Å². The summed E-state index contributed by atoms with van der Waals surface area (Å²) in [5.74, 6) is 0.840. The van der Waals surface area contributed by atoms with E-state index in [2.05, 4.69) is 21.6 Å². The summed E-state index contributed by atoms with van der Waals surface area (Å²) in [6.07, 6.45) is 9.79. The van der Waals surface area contributed by atoms with Crippen LogP contribution in [-0.4, -0.2) is 15.4 Å². The molecule has 0 amide bonds. The van der Waals surface area contributed by atoms with Crippen molar-refractivity contribution in [1.29, 1.82) is 0 Å². The van der Waals surface area contributed by atoms with Crippen molar-refractivity contribution >= 4 is 16.7 Å². The van der Waals surface area contributed by atoms with E-state index in [1.165, 1.54) is 50.1 Å². The van der Waals surface area contributed by atoms with Crippen molar-refractivity contribution in [2.75, 3.05) is 5.32 Å². The molecule has 1 heterocycles. The second-order valence-corrected chi connectivity index (χ2v) is 5.08. The molecule has 1 aliphatic carbocycles. The minimum atomic E-state index is 0.596. The van der Waals surface area contributed by atoms with E-state index in [9.17, 15) is 0 Å². The number of nitrogens with one attached hydrogen (secondary N) is 1. The van der Waals surface area contributed by atoms with Crippen LogP contribution in [0.1, 0.15) is 45.4 Å². The summed E-state index contributed by atoms with van der Waals surface area (Å²) in [7, 11) is 0. The molecule has 0 saturated heterocycles. The van der Waals surface area contributed by atoms with Crippen molar-refractivity contribution in [3.8, 4) is 0 Å². The lowest BCUT2D eigenvalue weighted by molar-refractivity contribution is 0.313. The van der Waals surface area contributed by atoms with Gasteiger partial charge in [0.1, 0.15) is 6.33 Å². The highest BCUT2D eigenvalue weighted by atomic mass is 32.1. The van der Waals surface area contributed by atoms with Crippen LogP contribution in [-0.2, 0) is 0 Å². The van der Waals surface area contributed by atoms with Gasteiger partial charge in [0.15, 0.2) is 0 Å². The molecule has 0 aromatic carbocycles. The molecule has 3 nitrogen and oxygen atoms in total. The van der Waals surface area contributed by atoms with Crippen LogP contribution in [0.5, 0.6) is 0 Å². The summed E-state index contributed by atoms with van der Waals surface area (Å²) in [5, 5.41) is 4.50. The van der Waals surface area contributed by atoms with Crippen LogP contribution in [0, 0.1) is 5.92 Å². The number of anilines is 1. The minimum Gasteiger partial charge on any atom is -0.357 e. The Kier molecular flexibility index (Phi) is 3.94. The first-order valence-corrected chi connectivity index (χ1v) is 6.70. The third kappa shape index (κ3) is 2.91. The average Bonchev–Trinajstić information content (AvgIpc) is 2.80. The summed E-state index contributed by atoms with van der Waals surface area (Å²) in [6.45, 7) is 2.26. The van der Waals surface area contributed by atoms with E-state index in [1.54, 1.807) is 6.33 Å². The highest BCUT2D eigenvalue weighted by Crippen LogP contribution is 2.29. The highest BCUT2D eigenvalue weighted by molar-refractivity contribution is 7.09. The van der Waals surface area contributed by atoms with Gasteiger partial charge in [0.05, 0.1) is 0 Å². The summed E-state index contributed by atoms with van der Waals surface area (Å²) >= 11 is 1.46. The molecule has 1 unspecified atom stereocenters. The lowest BCUT2D eigenvalue weighted by Gasteiger charge is -2.29. The summed E-state index contributed by atoms with van der Waals surface area (Å²) in [4.78, 5) is 4.20. The van der Waals surface area contributed by atoms with Crippen molar-refractivity contribution in [2.45, 2.75) is 51.5 Å². The van der Waals surface area contributed by atoms with E-state index < -0.39 is 0 Å². The van der Waals surface area contributed by atoms with Crippen molar-refractivity contribution < 1.29 is 0 Å². The molecule has 0 aliphatic heterocycles. The molecule has 1 aromatic rings. The number of hydrogen-bond donors (Lipinski definition) is 1. The molecule has 15 heavy (non-hydrogen) atoms.